The average molecular weight is 951 g/mol. The van der Waals surface area contributed by atoms with E-state index in [1.54, 1.807) is 24.3 Å². The van der Waals surface area contributed by atoms with Gasteiger partial charge in [0.15, 0.2) is 5.11 Å². The Kier molecular flexibility index (Phi) is 28.6. The molecule has 360 valence electrons. The van der Waals surface area contributed by atoms with Gasteiger partial charge in [0, 0.05) is 63.0 Å². The average Bonchev–Trinajstić information content (AvgIpc) is 3.29. The van der Waals surface area contributed by atoms with Crippen LogP contribution in [0.2, 0.25) is 0 Å². The van der Waals surface area contributed by atoms with Crippen LogP contribution in [0.3, 0.4) is 0 Å². The number of nitrogens with zero attached hydrogens (tertiary/aromatic N) is 2. The van der Waals surface area contributed by atoms with Crippen molar-refractivity contribution in [3.8, 4) is 11.5 Å². The second-order valence-corrected chi connectivity index (χ2v) is 15.8. The quantitative estimate of drug-likeness (QED) is 0.0231. The number of pyridine rings is 1. The summed E-state index contributed by atoms with van der Waals surface area (Å²) in [6.07, 6.45) is 5.99. The van der Waals surface area contributed by atoms with Crippen molar-refractivity contribution in [2.45, 2.75) is 77.2 Å². The number of aliphatic carboxylic acids is 1. The van der Waals surface area contributed by atoms with Gasteiger partial charge in [-0.2, -0.15) is 0 Å². The molecule has 3 rings (SSSR count). The van der Waals surface area contributed by atoms with Crippen LogP contribution in [0.15, 0.2) is 71.7 Å². The summed E-state index contributed by atoms with van der Waals surface area (Å²) in [6, 6.07) is 19.3. The lowest BCUT2D eigenvalue weighted by Gasteiger charge is -2.18. The zero-order chi connectivity index (χ0) is 47.5. The first-order valence-corrected chi connectivity index (χ1v) is 23.3. The lowest BCUT2D eigenvalue weighted by Crippen LogP contribution is -2.38. The summed E-state index contributed by atoms with van der Waals surface area (Å²) in [5.41, 5.74) is 2.20. The molecule has 0 fully saturated rings. The standard InChI is InChI=1S/C47H66N8O9S2/c1-36-10-7-11-42(54-36)49-24-8-27-63-40-17-13-37(14-18-40)32-39(33-45(58)59)55-46(60)38-15-19-41(20-16-38)64-28-9-25-50-43(56)12-3-2-4-22-51-44(57)34-62-31-30-61-29-26-53-47(66)52-23-6-5-21-48-35-65/h7,10-11,13-20,39H,2-6,8-9,12,21-34H2,1H3,(H,49,54)(H,50,56)(H,51,57)(H,55,60)(H,58,59)(H2,52,53,66)/t39-/m0/s1. The van der Waals surface area contributed by atoms with Crippen molar-refractivity contribution in [1.82, 2.24) is 31.6 Å². The fraction of sp³-hybridized carbons (Fsp3) is 0.511. The van der Waals surface area contributed by atoms with Gasteiger partial charge in [-0.3, -0.25) is 19.2 Å². The lowest BCUT2D eigenvalue weighted by molar-refractivity contribution is -0.137. The number of unbranched alkanes of at least 4 members (excludes halogenated alkanes) is 3. The maximum Gasteiger partial charge on any atom is 0.305 e. The third-order valence-electron chi connectivity index (χ3n) is 9.56. The van der Waals surface area contributed by atoms with Gasteiger partial charge in [0.2, 0.25) is 11.8 Å². The topological polar surface area (TPSA) is 223 Å². The molecule has 1 atom stereocenters. The van der Waals surface area contributed by atoms with Crippen LogP contribution in [0.5, 0.6) is 11.5 Å². The molecule has 19 heteroatoms. The number of aryl methyl sites for hydroxylation is 1. The monoisotopic (exact) mass is 950 g/mol. The number of amides is 3. The van der Waals surface area contributed by atoms with E-state index in [1.165, 1.54) is 0 Å². The smallest absolute Gasteiger partial charge is 0.305 e. The van der Waals surface area contributed by atoms with E-state index in [0.29, 0.717) is 107 Å². The molecule has 66 heavy (non-hydrogen) atoms. The molecule has 3 aromatic rings. The van der Waals surface area contributed by atoms with Gasteiger partial charge in [0.1, 0.15) is 23.9 Å². The van der Waals surface area contributed by atoms with Gasteiger partial charge in [-0.15, -0.1) is 0 Å². The van der Waals surface area contributed by atoms with Gasteiger partial charge < -0.3 is 56.0 Å². The van der Waals surface area contributed by atoms with E-state index in [2.05, 4.69) is 59.3 Å². The number of hydrogen-bond acceptors (Lipinski definition) is 13. The Morgan fingerprint density at radius 1 is 0.712 bits per heavy atom. The Bertz CT molecular complexity index is 1940. The summed E-state index contributed by atoms with van der Waals surface area (Å²) >= 11 is 9.75. The van der Waals surface area contributed by atoms with Crippen molar-refractivity contribution in [3.63, 3.8) is 0 Å². The van der Waals surface area contributed by atoms with Gasteiger partial charge in [-0.1, -0.05) is 24.6 Å². The molecular weight excluding hydrogens is 885 g/mol. The van der Waals surface area contributed by atoms with Crippen molar-refractivity contribution in [2.24, 2.45) is 4.99 Å². The van der Waals surface area contributed by atoms with Crippen molar-refractivity contribution in [2.75, 3.05) is 84.2 Å². The number of ether oxygens (including phenoxy) is 4. The molecule has 1 aromatic heterocycles. The molecule has 0 aliphatic carbocycles. The van der Waals surface area contributed by atoms with E-state index in [9.17, 15) is 24.3 Å². The summed E-state index contributed by atoms with van der Waals surface area (Å²) in [5.74, 6) is 0.476. The molecule has 0 radical (unpaired) electrons. The van der Waals surface area contributed by atoms with E-state index in [4.69, 9.17) is 31.2 Å². The second-order valence-electron chi connectivity index (χ2n) is 15.2. The number of isothiocyanates is 1. The number of thiocarbonyl (C=S) groups is 2. The molecule has 0 spiro atoms. The minimum absolute atomic E-state index is 0.0419. The van der Waals surface area contributed by atoms with E-state index in [0.717, 1.165) is 62.3 Å². The van der Waals surface area contributed by atoms with Crippen molar-refractivity contribution >= 4 is 64.2 Å². The first kappa shape index (κ1) is 54.6. The summed E-state index contributed by atoms with van der Waals surface area (Å²) in [6.45, 7) is 7.61. The third-order valence-corrected chi connectivity index (χ3v) is 9.98. The first-order chi connectivity index (χ1) is 32.1. The maximum atomic E-state index is 13.1. The number of nitrogens with one attached hydrogen (secondary N) is 6. The Balaban J connectivity index is 1.16. The number of anilines is 1. The predicted molar refractivity (Wildman–Crippen MR) is 262 cm³/mol. The SMILES string of the molecule is Cc1cccc(NCCCOc2ccc(C[C@@H](CC(=O)O)NC(=O)c3ccc(OCCCNC(=O)CCCCCNC(=O)COCCOCCNC(=S)NCCCCN=C=S)cc3)cc2)n1. The fourth-order valence-electron chi connectivity index (χ4n) is 6.17. The second kappa shape index (κ2) is 34.6. The minimum atomic E-state index is -1.01. The summed E-state index contributed by atoms with van der Waals surface area (Å²) in [4.78, 5) is 57.2. The molecule has 7 N–H and O–H groups in total. The fourth-order valence-corrected chi connectivity index (χ4v) is 6.47. The molecule has 0 aliphatic heterocycles. The third kappa shape index (κ3) is 26.9. The van der Waals surface area contributed by atoms with Gasteiger partial charge in [-0.05, 0) is 130 Å². The number of aliphatic imine (C=N–C) groups is 1. The van der Waals surface area contributed by atoms with Crippen LogP contribution in [0.4, 0.5) is 5.82 Å². The molecule has 3 amide bonds. The van der Waals surface area contributed by atoms with Crippen LogP contribution in [0.1, 0.15) is 79.4 Å². The molecule has 0 saturated heterocycles. The van der Waals surface area contributed by atoms with E-state index < -0.39 is 12.0 Å². The Hall–Kier alpha value is -5.72. The largest absolute Gasteiger partial charge is 0.494 e. The molecular formula is C47H66N8O9S2. The van der Waals surface area contributed by atoms with Crippen LogP contribution in [0.25, 0.3) is 0 Å². The number of carboxylic acid groups (broad SMARTS) is 1. The summed E-state index contributed by atoms with van der Waals surface area (Å²) in [7, 11) is 0. The van der Waals surface area contributed by atoms with Gasteiger partial charge in [-0.25, -0.2) is 9.98 Å². The van der Waals surface area contributed by atoms with Gasteiger partial charge in [0.05, 0.1) is 44.6 Å². The summed E-state index contributed by atoms with van der Waals surface area (Å²) in [5, 5.41) is 30.5. The highest BCUT2D eigenvalue weighted by molar-refractivity contribution is 7.80. The number of carbonyl (C=O) groups excluding carboxylic acids is 3. The number of carboxylic acids is 1. The Morgan fingerprint density at radius 2 is 1.36 bits per heavy atom. The number of rotatable bonds is 36. The molecule has 0 saturated carbocycles. The molecule has 0 unspecified atom stereocenters. The number of carbonyl (C=O) groups is 4. The van der Waals surface area contributed by atoms with Crippen molar-refractivity contribution < 1.29 is 43.2 Å². The Labute approximate surface area is 399 Å². The number of benzene rings is 2. The predicted octanol–water partition coefficient (Wildman–Crippen LogP) is 5.03. The highest BCUT2D eigenvalue weighted by atomic mass is 32.1. The zero-order valence-corrected chi connectivity index (χ0v) is 39.5. The van der Waals surface area contributed by atoms with E-state index >= 15 is 0 Å². The number of hydrogen-bond donors (Lipinski definition) is 7. The van der Waals surface area contributed by atoms with Crippen LogP contribution >= 0.6 is 24.4 Å². The van der Waals surface area contributed by atoms with Crippen LogP contribution in [0, 0.1) is 6.92 Å². The van der Waals surface area contributed by atoms with Crippen molar-refractivity contribution in [1.29, 1.82) is 0 Å². The maximum absolute atomic E-state index is 13.1. The van der Waals surface area contributed by atoms with Crippen LogP contribution < -0.4 is 41.4 Å². The molecule has 2 aromatic carbocycles. The lowest BCUT2D eigenvalue weighted by atomic mass is 10.0. The Morgan fingerprint density at radius 3 is 2.09 bits per heavy atom. The number of aromatic nitrogens is 1. The first-order valence-electron chi connectivity index (χ1n) is 22.5. The highest BCUT2D eigenvalue weighted by Gasteiger charge is 2.18. The van der Waals surface area contributed by atoms with Crippen LogP contribution in [-0.2, 0) is 30.3 Å². The zero-order valence-electron chi connectivity index (χ0n) is 37.9. The minimum Gasteiger partial charge on any atom is -0.494 e. The van der Waals surface area contributed by atoms with Crippen molar-refractivity contribution in [3.05, 3.63) is 83.6 Å². The molecule has 0 bridgehead atoms. The normalized spacial score (nSPS) is 11.0. The van der Waals surface area contributed by atoms with Gasteiger partial charge >= 0.3 is 5.97 Å². The highest BCUT2D eigenvalue weighted by Crippen LogP contribution is 2.17. The molecule has 1 heterocycles. The van der Waals surface area contributed by atoms with Crippen LogP contribution in [-0.4, -0.2) is 129 Å². The summed E-state index contributed by atoms with van der Waals surface area (Å²) < 4.78 is 22.5. The van der Waals surface area contributed by atoms with E-state index in [1.807, 2.05) is 49.4 Å². The van der Waals surface area contributed by atoms with Gasteiger partial charge in [0.25, 0.3) is 5.91 Å². The molecule has 17 nitrogen and oxygen atoms in total. The van der Waals surface area contributed by atoms with E-state index in [-0.39, 0.29) is 30.7 Å². The molecule has 0 aliphatic rings.